The smallest absolute Gasteiger partial charge is 0.392 e. The van der Waals surface area contributed by atoms with E-state index in [1.807, 2.05) is 0 Å². The van der Waals surface area contributed by atoms with Crippen LogP contribution < -0.4 is 0 Å². The highest BCUT2D eigenvalue weighted by molar-refractivity contribution is 4.84. The van der Waals surface area contributed by atoms with Gasteiger partial charge in [-0.3, -0.25) is 0 Å². The largest absolute Gasteiger partial charge is 0.393 e. The van der Waals surface area contributed by atoms with E-state index in [1.165, 1.54) is 25.7 Å². The molecule has 0 bridgehead atoms. The van der Waals surface area contributed by atoms with Gasteiger partial charge in [0.1, 0.15) is 0 Å². The van der Waals surface area contributed by atoms with E-state index >= 15 is 0 Å². The molecule has 1 saturated carbocycles. The normalized spacial score (nSPS) is 25.0. The van der Waals surface area contributed by atoms with Gasteiger partial charge in [0.25, 0.3) is 0 Å². The molecule has 0 aromatic rings. The van der Waals surface area contributed by atoms with Crippen molar-refractivity contribution >= 4 is 0 Å². The summed E-state index contributed by atoms with van der Waals surface area (Å²) in [6.07, 6.45) is 5.77. The van der Waals surface area contributed by atoms with Crippen molar-refractivity contribution in [3.63, 3.8) is 0 Å². The summed E-state index contributed by atoms with van der Waals surface area (Å²) in [6.45, 7) is 2.18. The van der Waals surface area contributed by atoms with Gasteiger partial charge in [0.05, 0.1) is 12.0 Å². The van der Waals surface area contributed by atoms with Gasteiger partial charge in [-0.05, 0) is 25.2 Å². The lowest BCUT2D eigenvalue weighted by atomic mass is 9.74. The zero-order valence-electron chi connectivity index (χ0n) is 13.3. The lowest BCUT2D eigenvalue weighted by Gasteiger charge is -2.36. The molecule has 3 atom stereocenters. The molecule has 0 amide bonds. The average molecular weight is 308 g/mol. The van der Waals surface area contributed by atoms with Crippen LogP contribution in [0, 0.1) is 11.8 Å². The maximum Gasteiger partial charge on any atom is 0.392 e. The molecule has 1 aliphatic carbocycles. The number of rotatable bonds is 9. The van der Waals surface area contributed by atoms with Crippen molar-refractivity contribution in [1.29, 1.82) is 0 Å². The molecule has 21 heavy (non-hydrogen) atoms. The highest BCUT2D eigenvalue weighted by Gasteiger charge is 2.47. The van der Waals surface area contributed by atoms with Gasteiger partial charge >= 0.3 is 6.18 Å². The minimum Gasteiger partial charge on any atom is -0.393 e. The summed E-state index contributed by atoms with van der Waals surface area (Å²) >= 11 is 0. The molecule has 4 heteroatoms. The summed E-state index contributed by atoms with van der Waals surface area (Å²) in [7, 11) is 0. The second kappa shape index (κ2) is 9.70. The molecule has 1 nitrogen and oxygen atoms in total. The van der Waals surface area contributed by atoms with Crippen molar-refractivity contribution in [2.75, 3.05) is 0 Å². The van der Waals surface area contributed by atoms with E-state index in [-0.39, 0.29) is 6.42 Å². The monoisotopic (exact) mass is 308 g/mol. The van der Waals surface area contributed by atoms with Gasteiger partial charge < -0.3 is 5.11 Å². The molecular formula is C17H31F3O. The number of aliphatic hydroxyl groups is 1. The molecule has 0 aromatic carbocycles. The zero-order chi connectivity index (χ0) is 15.7. The first-order valence-corrected chi connectivity index (χ1v) is 8.71. The second-order valence-electron chi connectivity index (χ2n) is 6.57. The third-order valence-corrected chi connectivity index (χ3v) is 4.84. The Morgan fingerprint density at radius 3 is 2.14 bits per heavy atom. The van der Waals surface area contributed by atoms with E-state index in [9.17, 15) is 18.3 Å². The molecule has 0 aromatic heterocycles. The van der Waals surface area contributed by atoms with Gasteiger partial charge in [-0.25, -0.2) is 0 Å². The van der Waals surface area contributed by atoms with Crippen LogP contribution in [0.15, 0.2) is 0 Å². The minimum atomic E-state index is -4.15. The molecule has 1 rings (SSSR count). The third-order valence-electron chi connectivity index (χ3n) is 4.84. The van der Waals surface area contributed by atoms with Crippen LogP contribution in [-0.4, -0.2) is 17.4 Å². The van der Waals surface area contributed by atoms with Crippen LogP contribution in [-0.2, 0) is 0 Å². The first kappa shape index (κ1) is 18.8. The Hall–Kier alpha value is -0.250. The molecule has 1 aliphatic rings. The Labute approximate surface area is 127 Å². The highest BCUT2D eigenvalue weighted by atomic mass is 19.4. The number of alkyl halides is 3. The summed E-state index contributed by atoms with van der Waals surface area (Å²) in [5.74, 6) is -1.86. The van der Waals surface area contributed by atoms with Crippen molar-refractivity contribution in [1.82, 2.24) is 0 Å². The Balaban J connectivity index is 2.24. The van der Waals surface area contributed by atoms with E-state index < -0.39 is 24.1 Å². The van der Waals surface area contributed by atoms with Crippen molar-refractivity contribution in [2.24, 2.45) is 11.8 Å². The van der Waals surface area contributed by atoms with Gasteiger partial charge in [0.2, 0.25) is 0 Å². The fourth-order valence-corrected chi connectivity index (χ4v) is 3.55. The summed E-state index contributed by atoms with van der Waals surface area (Å²) in [5, 5.41) is 10.1. The standard InChI is InChI=1S/C17H31F3O/c1-2-3-4-5-6-7-8-13-16(21)14-11-9-10-12-15(14)17(18,19)20/h14-16,21H,2-13H2,1H3. The predicted octanol–water partition coefficient (Wildman–Crippen LogP) is 5.86. The topological polar surface area (TPSA) is 20.2 Å². The number of hydrogen-bond donors (Lipinski definition) is 1. The number of unbranched alkanes of at least 4 members (excludes halogenated alkanes) is 6. The summed E-state index contributed by atoms with van der Waals surface area (Å²) in [5.41, 5.74) is 0. The fraction of sp³-hybridized carbons (Fsp3) is 1.00. The molecule has 0 heterocycles. The summed E-state index contributed by atoms with van der Waals surface area (Å²) < 4.78 is 39.0. The van der Waals surface area contributed by atoms with Gasteiger partial charge in [-0.2, -0.15) is 13.2 Å². The van der Waals surface area contributed by atoms with Crippen LogP contribution in [0.2, 0.25) is 0 Å². The number of halogens is 3. The van der Waals surface area contributed by atoms with Crippen LogP contribution in [0.5, 0.6) is 0 Å². The maximum absolute atomic E-state index is 13.0. The van der Waals surface area contributed by atoms with Gasteiger partial charge in [-0.1, -0.05) is 64.7 Å². The number of hydrogen-bond acceptors (Lipinski definition) is 1. The van der Waals surface area contributed by atoms with Crippen LogP contribution >= 0.6 is 0 Å². The lowest BCUT2D eigenvalue weighted by Crippen LogP contribution is -2.39. The van der Waals surface area contributed by atoms with Crippen molar-refractivity contribution in [3.8, 4) is 0 Å². The molecule has 0 saturated heterocycles. The average Bonchev–Trinajstić information content (AvgIpc) is 2.45. The SMILES string of the molecule is CCCCCCCCCC(O)C1CCCCC1C(F)(F)F. The first-order chi connectivity index (χ1) is 9.96. The van der Waals surface area contributed by atoms with E-state index in [2.05, 4.69) is 6.92 Å². The predicted molar refractivity (Wildman–Crippen MR) is 80.1 cm³/mol. The van der Waals surface area contributed by atoms with Crippen molar-refractivity contribution in [3.05, 3.63) is 0 Å². The zero-order valence-corrected chi connectivity index (χ0v) is 13.3. The molecule has 0 radical (unpaired) electrons. The van der Waals surface area contributed by atoms with E-state index in [4.69, 9.17) is 0 Å². The highest BCUT2D eigenvalue weighted by Crippen LogP contribution is 2.43. The summed E-state index contributed by atoms with van der Waals surface area (Å²) in [4.78, 5) is 0. The van der Waals surface area contributed by atoms with Crippen LogP contribution in [0.3, 0.4) is 0 Å². The Morgan fingerprint density at radius 1 is 0.952 bits per heavy atom. The van der Waals surface area contributed by atoms with Crippen LogP contribution in [0.4, 0.5) is 13.2 Å². The van der Waals surface area contributed by atoms with Gasteiger partial charge in [0, 0.05) is 0 Å². The second-order valence-corrected chi connectivity index (χ2v) is 6.57. The van der Waals surface area contributed by atoms with E-state index in [0.29, 0.717) is 19.3 Å². The molecule has 0 spiro atoms. The molecule has 3 unspecified atom stereocenters. The molecule has 1 fully saturated rings. The van der Waals surface area contributed by atoms with E-state index in [0.717, 1.165) is 25.7 Å². The Kier molecular flexibility index (Phi) is 8.69. The van der Waals surface area contributed by atoms with E-state index in [1.54, 1.807) is 0 Å². The lowest BCUT2D eigenvalue weighted by molar-refractivity contribution is -0.207. The van der Waals surface area contributed by atoms with Gasteiger partial charge in [0.15, 0.2) is 0 Å². The van der Waals surface area contributed by atoms with Crippen LogP contribution in [0.25, 0.3) is 0 Å². The maximum atomic E-state index is 13.0. The third kappa shape index (κ3) is 7.03. The quantitative estimate of drug-likeness (QED) is 0.529. The fourth-order valence-electron chi connectivity index (χ4n) is 3.55. The number of aliphatic hydroxyl groups excluding tert-OH is 1. The van der Waals surface area contributed by atoms with Crippen molar-refractivity contribution in [2.45, 2.75) is 96.3 Å². The molecule has 126 valence electrons. The first-order valence-electron chi connectivity index (χ1n) is 8.71. The molecule has 0 aliphatic heterocycles. The Bertz CT molecular complexity index is 265. The summed E-state index contributed by atoms with van der Waals surface area (Å²) in [6, 6.07) is 0. The minimum absolute atomic E-state index is 0.197. The van der Waals surface area contributed by atoms with Crippen LogP contribution in [0.1, 0.15) is 84.0 Å². The van der Waals surface area contributed by atoms with Crippen molar-refractivity contribution < 1.29 is 18.3 Å². The van der Waals surface area contributed by atoms with Gasteiger partial charge in [-0.15, -0.1) is 0 Å². The Morgan fingerprint density at radius 2 is 1.52 bits per heavy atom. The molecular weight excluding hydrogens is 277 g/mol. The molecule has 1 N–H and O–H groups in total.